The Morgan fingerprint density at radius 3 is 2.87 bits per heavy atom. The number of hydrogen-bond acceptors (Lipinski definition) is 4. The SMILES string of the molecule is O=[N+]([O-])c1ccc(C2CCCCN2)nc1. The van der Waals surface area contributed by atoms with Gasteiger partial charge in [-0.2, -0.15) is 0 Å². The van der Waals surface area contributed by atoms with E-state index >= 15 is 0 Å². The minimum atomic E-state index is -0.426. The average Bonchev–Trinajstić information content (AvgIpc) is 2.30. The van der Waals surface area contributed by atoms with Crippen LogP contribution in [0.2, 0.25) is 0 Å². The molecule has 0 aliphatic carbocycles. The number of rotatable bonds is 2. The fourth-order valence-electron chi connectivity index (χ4n) is 1.82. The molecule has 15 heavy (non-hydrogen) atoms. The maximum absolute atomic E-state index is 10.4. The number of pyridine rings is 1. The van der Waals surface area contributed by atoms with Crippen LogP contribution < -0.4 is 5.32 Å². The molecule has 1 aliphatic rings. The number of nitrogens with zero attached hydrogens (tertiary/aromatic N) is 2. The molecular weight excluding hydrogens is 194 g/mol. The van der Waals surface area contributed by atoms with Gasteiger partial charge in [0, 0.05) is 12.1 Å². The van der Waals surface area contributed by atoms with Gasteiger partial charge in [0.1, 0.15) is 6.20 Å². The molecule has 0 spiro atoms. The standard InChI is InChI=1S/C10H13N3O2/c14-13(15)8-4-5-10(12-7-8)9-3-1-2-6-11-9/h4-5,7,9,11H,1-3,6H2. The van der Waals surface area contributed by atoms with Gasteiger partial charge in [-0.05, 0) is 25.5 Å². The highest BCUT2D eigenvalue weighted by Crippen LogP contribution is 2.22. The predicted molar refractivity (Wildman–Crippen MR) is 55.5 cm³/mol. The second-order valence-corrected chi connectivity index (χ2v) is 3.70. The topological polar surface area (TPSA) is 68.1 Å². The highest BCUT2D eigenvalue weighted by Gasteiger charge is 2.16. The van der Waals surface area contributed by atoms with Gasteiger partial charge in [-0.25, -0.2) is 0 Å². The third kappa shape index (κ3) is 2.30. The molecule has 5 nitrogen and oxygen atoms in total. The quantitative estimate of drug-likeness (QED) is 0.593. The molecule has 1 aromatic heterocycles. The summed E-state index contributed by atoms with van der Waals surface area (Å²) in [7, 11) is 0. The Morgan fingerprint density at radius 2 is 2.33 bits per heavy atom. The molecule has 1 aromatic rings. The average molecular weight is 207 g/mol. The lowest BCUT2D eigenvalue weighted by atomic mass is 10.0. The molecule has 0 radical (unpaired) electrons. The van der Waals surface area contributed by atoms with Crippen LogP contribution in [0.3, 0.4) is 0 Å². The number of piperidine rings is 1. The van der Waals surface area contributed by atoms with E-state index in [1.165, 1.54) is 25.1 Å². The summed E-state index contributed by atoms with van der Waals surface area (Å²) in [4.78, 5) is 14.1. The minimum Gasteiger partial charge on any atom is -0.309 e. The fourth-order valence-corrected chi connectivity index (χ4v) is 1.82. The molecule has 5 heteroatoms. The zero-order valence-electron chi connectivity index (χ0n) is 8.35. The van der Waals surface area contributed by atoms with Crippen LogP contribution in [0.15, 0.2) is 18.3 Å². The number of hydrogen-bond donors (Lipinski definition) is 1. The Labute approximate surface area is 87.7 Å². The molecule has 0 saturated carbocycles. The maximum atomic E-state index is 10.4. The van der Waals surface area contributed by atoms with Crippen LogP contribution in [0.5, 0.6) is 0 Å². The van der Waals surface area contributed by atoms with Crippen LogP contribution in [0.1, 0.15) is 31.0 Å². The van der Waals surface area contributed by atoms with Crippen molar-refractivity contribution in [1.29, 1.82) is 0 Å². The van der Waals surface area contributed by atoms with Gasteiger partial charge in [-0.15, -0.1) is 0 Å². The molecule has 1 aliphatic heterocycles. The van der Waals surface area contributed by atoms with Crippen LogP contribution in [-0.2, 0) is 0 Å². The summed E-state index contributed by atoms with van der Waals surface area (Å²) in [5, 5.41) is 13.8. The normalized spacial score (nSPS) is 21.2. The first-order valence-electron chi connectivity index (χ1n) is 5.11. The molecule has 1 N–H and O–H groups in total. The van der Waals surface area contributed by atoms with Crippen molar-refractivity contribution in [3.63, 3.8) is 0 Å². The Kier molecular flexibility index (Phi) is 2.91. The van der Waals surface area contributed by atoms with Crippen LogP contribution in [0.4, 0.5) is 5.69 Å². The summed E-state index contributed by atoms with van der Waals surface area (Å²) in [6.07, 6.45) is 4.77. The molecule has 1 saturated heterocycles. The van der Waals surface area contributed by atoms with E-state index in [2.05, 4.69) is 10.3 Å². The van der Waals surface area contributed by atoms with Crippen LogP contribution in [0, 0.1) is 10.1 Å². The smallest absolute Gasteiger partial charge is 0.287 e. The van der Waals surface area contributed by atoms with Crippen molar-refractivity contribution in [2.45, 2.75) is 25.3 Å². The monoisotopic (exact) mass is 207 g/mol. The van der Waals surface area contributed by atoms with Crippen LogP contribution in [-0.4, -0.2) is 16.5 Å². The summed E-state index contributed by atoms with van der Waals surface area (Å²) < 4.78 is 0. The maximum Gasteiger partial charge on any atom is 0.287 e. The predicted octanol–water partition coefficient (Wildman–Crippen LogP) is 1.80. The van der Waals surface area contributed by atoms with Crippen molar-refractivity contribution >= 4 is 5.69 Å². The molecule has 1 fully saturated rings. The van der Waals surface area contributed by atoms with Crippen molar-refractivity contribution in [2.24, 2.45) is 0 Å². The van der Waals surface area contributed by atoms with E-state index in [0.717, 1.165) is 18.7 Å². The molecular formula is C10H13N3O2. The molecule has 0 aromatic carbocycles. The molecule has 1 unspecified atom stereocenters. The van der Waals surface area contributed by atoms with Crippen LogP contribution in [0.25, 0.3) is 0 Å². The molecule has 2 rings (SSSR count). The van der Waals surface area contributed by atoms with Crippen LogP contribution >= 0.6 is 0 Å². The lowest BCUT2D eigenvalue weighted by Gasteiger charge is -2.22. The van der Waals surface area contributed by atoms with Gasteiger partial charge >= 0.3 is 0 Å². The highest BCUT2D eigenvalue weighted by atomic mass is 16.6. The molecule has 1 atom stereocenters. The number of nitrogens with one attached hydrogen (secondary N) is 1. The second-order valence-electron chi connectivity index (χ2n) is 3.70. The molecule has 2 heterocycles. The Balaban J connectivity index is 2.11. The summed E-state index contributed by atoms with van der Waals surface area (Å²) in [6, 6.07) is 3.51. The Hall–Kier alpha value is -1.49. The zero-order chi connectivity index (χ0) is 10.7. The second kappa shape index (κ2) is 4.35. The number of aromatic nitrogens is 1. The van der Waals surface area contributed by atoms with E-state index in [9.17, 15) is 10.1 Å². The molecule has 0 bridgehead atoms. The Morgan fingerprint density at radius 1 is 1.47 bits per heavy atom. The van der Waals surface area contributed by atoms with Crippen molar-refractivity contribution in [3.05, 3.63) is 34.1 Å². The van der Waals surface area contributed by atoms with Gasteiger partial charge in [0.15, 0.2) is 0 Å². The molecule has 0 amide bonds. The van der Waals surface area contributed by atoms with E-state index in [1.54, 1.807) is 6.07 Å². The largest absolute Gasteiger partial charge is 0.309 e. The first-order chi connectivity index (χ1) is 7.27. The first-order valence-corrected chi connectivity index (χ1v) is 5.11. The number of nitro groups is 1. The third-order valence-electron chi connectivity index (χ3n) is 2.65. The van der Waals surface area contributed by atoms with Gasteiger partial charge in [0.05, 0.1) is 10.6 Å². The van der Waals surface area contributed by atoms with E-state index in [0.29, 0.717) is 0 Å². The third-order valence-corrected chi connectivity index (χ3v) is 2.65. The van der Waals surface area contributed by atoms with Gasteiger partial charge < -0.3 is 5.32 Å². The first kappa shape index (κ1) is 10.0. The Bertz CT molecular complexity index is 344. The van der Waals surface area contributed by atoms with Gasteiger partial charge in [0.2, 0.25) is 0 Å². The molecule has 80 valence electrons. The minimum absolute atomic E-state index is 0.0505. The lowest BCUT2D eigenvalue weighted by Crippen LogP contribution is -2.27. The summed E-state index contributed by atoms with van der Waals surface area (Å²) >= 11 is 0. The summed E-state index contributed by atoms with van der Waals surface area (Å²) in [5.74, 6) is 0. The van der Waals surface area contributed by atoms with E-state index in [1.807, 2.05) is 0 Å². The fraction of sp³-hybridized carbons (Fsp3) is 0.500. The van der Waals surface area contributed by atoms with Crippen molar-refractivity contribution in [2.75, 3.05) is 6.54 Å². The summed E-state index contributed by atoms with van der Waals surface area (Å²) in [6.45, 7) is 1.00. The summed E-state index contributed by atoms with van der Waals surface area (Å²) in [5.41, 5.74) is 0.954. The van der Waals surface area contributed by atoms with E-state index in [-0.39, 0.29) is 11.7 Å². The van der Waals surface area contributed by atoms with Crippen molar-refractivity contribution < 1.29 is 4.92 Å². The van der Waals surface area contributed by atoms with E-state index in [4.69, 9.17) is 0 Å². The van der Waals surface area contributed by atoms with Gasteiger partial charge in [-0.3, -0.25) is 15.1 Å². The van der Waals surface area contributed by atoms with E-state index < -0.39 is 4.92 Å². The zero-order valence-corrected chi connectivity index (χ0v) is 8.35. The highest BCUT2D eigenvalue weighted by molar-refractivity contribution is 5.27. The van der Waals surface area contributed by atoms with Crippen molar-refractivity contribution in [3.8, 4) is 0 Å². The van der Waals surface area contributed by atoms with Gasteiger partial charge in [0.25, 0.3) is 5.69 Å². The van der Waals surface area contributed by atoms with Gasteiger partial charge in [-0.1, -0.05) is 6.42 Å². The van der Waals surface area contributed by atoms with Crippen molar-refractivity contribution in [1.82, 2.24) is 10.3 Å². The lowest BCUT2D eigenvalue weighted by molar-refractivity contribution is -0.385.